The van der Waals surface area contributed by atoms with Crippen LogP contribution in [-0.4, -0.2) is 23.9 Å². The molecule has 0 aromatic carbocycles. The van der Waals surface area contributed by atoms with Crippen molar-refractivity contribution in [1.82, 2.24) is 4.90 Å². The van der Waals surface area contributed by atoms with E-state index >= 15 is 0 Å². The van der Waals surface area contributed by atoms with Crippen LogP contribution in [0.15, 0.2) is 14.3 Å². The molecule has 0 spiro atoms. The second kappa shape index (κ2) is 6.01. The molecule has 0 atom stereocenters. The smallest absolute Gasteiger partial charge is 0.263 e. The standard InChI is InChI=1S/C10H13Br2NOS/c1-3-5-13(4-2)10(14)8-6-7(11)9(12)15-8/h6H,3-5H2,1-2H3. The molecule has 0 aliphatic carbocycles. The first-order valence-corrected chi connectivity index (χ1v) is 7.24. The van der Waals surface area contributed by atoms with Crippen LogP contribution in [0.25, 0.3) is 0 Å². The second-order valence-electron chi connectivity index (χ2n) is 3.12. The maximum Gasteiger partial charge on any atom is 0.263 e. The maximum absolute atomic E-state index is 12.0. The van der Waals surface area contributed by atoms with Gasteiger partial charge in [-0.1, -0.05) is 6.92 Å². The number of carbonyl (C=O) groups excluding carboxylic acids is 1. The van der Waals surface area contributed by atoms with E-state index in [1.807, 2.05) is 17.9 Å². The fraction of sp³-hybridized carbons (Fsp3) is 0.500. The van der Waals surface area contributed by atoms with Gasteiger partial charge in [0.15, 0.2) is 0 Å². The predicted molar refractivity (Wildman–Crippen MR) is 71.6 cm³/mol. The molecule has 0 saturated carbocycles. The molecule has 1 heterocycles. The molecule has 0 aliphatic heterocycles. The van der Waals surface area contributed by atoms with Crippen LogP contribution in [0.1, 0.15) is 29.9 Å². The van der Waals surface area contributed by atoms with Gasteiger partial charge in [-0.05, 0) is 51.3 Å². The highest BCUT2D eigenvalue weighted by Crippen LogP contribution is 2.32. The summed E-state index contributed by atoms with van der Waals surface area (Å²) in [5.41, 5.74) is 0. The van der Waals surface area contributed by atoms with Crippen LogP contribution in [0.3, 0.4) is 0 Å². The molecule has 5 heteroatoms. The van der Waals surface area contributed by atoms with E-state index in [1.165, 1.54) is 11.3 Å². The van der Waals surface area contributed by atoms with Crippen LogP contribution in [-0.2, 0) is 0 Å². The van der Waals surface area contributed by atoms with E-state index in [2.05, 4.69) is 38.8 Å². The van der Waals surface area contributed by atoms with Crippen molar-refractivity contribution in [3.8, 4) is 0 Å². The fourth-order valence-corrected chi connectivity index (χ4v) is 3.28. The molecule has 0 unspecified atom stereocenters. The molecule has 1 aromatic heterocycles. The van der Waals surface area contributed by atoms with Gasteiger partial charge in [-0.3, -0.25) is 4.79 Å². The van der Waals surface area contributed by atoms with Crippen LogP contribution in [0.4, 0.5) is 0 Å². The Labute approximate surface area is 111 Å². The Morgan fingerprint density at radius 2 is 2.13 bits per heavy atom. The van der Waals surface area contributed by atoms with Crippen LogP contribution in [0, 0.1) is 0 Å². The number of rotatable bonds is 4. The molecular weight excluding hydrogens is 342 g/mol. The van der Waals surface area contributed by atoms with E-state index in [9.17, 15) is 4.79 Å². The maximum atomic E-state index is 12.0. The molecule has 0 fully saturated rings. The Morgan fingerprint density at radius 3 is 2.53 bits per heavy atom. The van der Waals surface area contributed by atoms with E-state index < -0.39 is 0 Å². The number of amides is 1. The molecule has 1 aromatic rings. The molecular formula is C10H13Br2NOS. The minimum Gasteiger partial charge on any atom is -0.338 e. The lowest BCUT2D eigenvalue weighted by atomic mass is 10.3. The Kier molecular flexibility index (Phi) is 5.29. The highest BCUT2D eigenvalue weighted by molar-refractivity contribution is 9.13. The minimum absolute atomic E-state index is 0.121. The van der Waals surface area contributed by atoms with Crippen LogP contribution in [0.2, 0.25) is 0 Å². The lowest BCUT2D eigenvalue weighted by Gasteiger charge is -2.18. The van der Waals surface area contributed by atoms with Gasteiger partial charge in [0.2, 0.25) is 0 Å². The monoisotopic (exact) mass is 353 g/mol. The number of thiophene rings is 1. The van der Waals surface area contributed by atoms with Gasteiger partial charge in [0.25, 0.3) is 5.91 Å². The lowest BCUT2D eigenvalue weighted by molar-refractivity contribution is 0.0769. The first-order chi connectivity index (χ1) is 7.10. The third-order valence-electron chi connectivity index (χ3n) is 2.02. The molecule has 1 amide bonds. The van der Waals surface area contributed by atoms with Gasteiger partial charge in [0.05, 0.1) is 8.66 Å². The summed E-state index contributed by atoms with van der Waals surface area (Å²) < 4.78 is 1.92. The van der Waals surface area contributed by atoms with Gasteiger partial charge in [-0.15, -0.1) is 11.3 Å². The van der Waals surface area contributed by atoms with Crippen molar-refractivity contribution >= 4 is 49.1 Å². The molecule has 2 nitrogen and oxygen atoms in total. The summed E-state index contributed by atoms with van der Waals surface area (Å²) in [5, 5.41) is 0. The van der Waals surface area contributed by atoms with Gasteiger partial charge >= 0.3 is 0 Å². The molecule has 1 rings (SSSR count). The fourth-order valence-electron chi connectivity index (χ4n) is 1.28. The Morgan fingerprint density at radius 1 is 1.47 bits per heavy atom. The molecule has 15 heavy (non-hydrogen) atoms. The van der Waals surface area contributed by atoms with Gasteiger partial charge in [-0.2, -0.15) is 0 Å². The van der Waals surface area contributed by atoms with E-state index in [0.717, 1.165) is 32.6 Å². The van der Waals surface area contributed by atoms with Crippen molar-refractivity contribution in [2.45, 2.75) is 20.3 Å². The zero-order valence-corrected chi connectivity index (χ0v) is 12.7. The van der Waals surface area contributed by atoms with Crippen molar-refractivity contribution < 1.29 is 4.79 Å². The summed E-state index contributed by atoms with van der Waals surface area (Å²) in [7, 11) is 0. The average Bonchev–Trinajstić information content (AvgIpc) is 2.55. The molecule has 84 valence electrons. The van der Waals surface area contributed by atoms with Crippen molar-refractivity contribution in [1.29, 1.82) is 0 Å². The molecule has 0 saturated heterocycles. The number of halogens is 2. The summed E-state index contributed by atoms with van der Waals surface area (Å²) in [5.74, 6) is 0.121. The lowest BCUT2D eigenvalue weighted by Crippen LogP contribution is -2.30. The van der Waals surface area contributed by atoms with Gasteiger partial charge in [-0.25, -0.2) is 0 Å². The molecule has 0 bridgehead atoms. The summed E-state index contributed by atoms with van der Waals surface area (Å²) in [6.07, 6.45) is 0.993. The number of nitrogens with zero attached hydrogens (tertiary/aromatic N) is 1. The third kappa shape index (κ3) is 3.29. The first-order valence-electron chi connectivity index (χ1n) is 4.84. The highest BCUT2D eigenvalue weighted by atomic mass is 79.9. The minimum atomic E-state index is 0.121. The number of hydrogen-bond acceptors (Lipinski definition) is 2. The van der Waals surface area contributed by atoms with Crippen LogP contribution < -0.4 is 0 Å². The molecule has 0 radical (unpaired) electrons. The Hall–Kier alpha value is 0.130. The Bertz CT molecular complexity index is 332. The zero-order chi connectivity index (χ0) is 11.4. The van der Waals surface area contributed by atoms with Gasteiger partial charge < -0.3 is 4.90 Å². The second-order valence-corrected chi connectivity index (χ2v) is 6.34. The van der Waals surface area contributed by atoms with Crippen LogP contribution in [0.5, 0.6) is 0 Å². The summed E-state index contributed by atoms with van der Waals surface area (Å²) in [6, 6.07) is 1.87. The Balaban J connectivity index is 2.82. The zero-order valence-electron chi connectivity index (χ0n) is 8.72. The van der Waals surface area contributed by atoms with Crippen molar-refractivity contribution in [2.75, 3.05) is 13.1 Å². The summed E-state index contributed by atoms with van der Waals surface area (Å²) in [6.45, 7) is 5.67. The van der Waals surface area contributed by atoms with Crippen molar-refractivity contribution in [3.63, 3.8) is 0 Å². The van der Waals surface area contributed by atoms with Gasteiger partial charge in [0, 0.05) is 17.6 Å². The summed E-state index contributed by atoms with van der Waals surface area (Å²) >= 11 is 8.25. The van der Waals surface area contributed by atoms with E-state index in [1.54, 1.807) is 0 Å². The van der Waals surface area contributed by atoms with E-state index in [-0.39, 0.29) is 5.91 Å². The van der Waals surface area contributed by atoms with Crippen molar-refractivity contribution in [2.24, 2.45) is 0 Å². The SMILES string of the molecule is CCCN(CC)C(=O)c1cc(Br)c(Br)s1. The topological polar surface area (TPSA) is 20.3 Å². The van der Waals surface area contributed by atoms with E-state index in [0.29, 0.717) is 0 Å². The number of carbonyl (C=O) groups is 1. The molecule has 0 N–H and O–H groups in total. The van der Waals surface area contributed by atoms with Crippen molar-refractivity contribution in [3.05, 3.63) is 19.2 Å². The normalized spacial score (nSPS) is 10.4. The number of hydrogen-bond donors (Lipinski definition) is 0. The predicted octanol–water partition coefficient (Wildman–Crippen LogP) is 4.15. The largest absolute Gasteiger partial charge is 0.338 e. The molecule has 0 aliphatic rings. The van der Waals surface area contributed by atoms with E-state index in [4.69, 9.17) is 0 Å². The highest BCUT2D eigenvalue weighted by Gasteiger charge is 2.16. The third-order valence-corrected chi connectivity index (χ3v) is 5.26. The quantitative estimate of drug-likeness (QED) is 0.795. The van der Waals surface area contributed by atoms with Gasteiger partial charge in [0.1, 0.15) is 0 Å². The summed E-state index contributed by atoms with van der Waals surface area (Å²) in [4.78, 5) is 14.7. The van der Waals surface area contributed by atoms with Crippen LogP contribution >= 0.6 is 43.2 Å². The average molecular weight is 355 g/mol. The first kappa shape index (κ1) is 13.2.